The smallest absolute Gasteiger partial charge is 0.156 e. The zero-order valence-corrected chi connectivity index (χ0v) is 11.7. The van der Waals surface area contributed by atoms with Crippen molar-refractivity contribution in [2.24, 2.45) is 0 Å². The summed E-state index contributed by atoms with van der Waals surface area (Å²) in [6.45, 7) is 0.752. The molecule has 6 heteroatoms. The third-order valence-electron chi connectivity index (χ3n) is 3.12. The van der Waals surface area contributed by atoms with Gasteiger partial charge in [0.1, 0.15) is 17.3 Å². The second-order valence-corrected chi connectivity index (χ2v) is 5.65. The molecule has 19 heavy (non-hydrogen) atoms. The van der Waals surface area contributed by atoms with Gasteiger partial charge in [-0.25, -0.2) is 9.97 Å². The minimum Gasteiger partial charge on any atom is -0.349 e. The number of anilines is 1. The first-order valence-corrected chi connectivity index (χ1v) is 7.35. The van der Waals surface area contributed by atoms with Crippen molar-refractivity contribution in [3.63, 3.8) is 0 Å². The molecule has 0 aromatic carbocycles. The van der Waals surface area contributed by atoms with Crippen LogP contribution in [0.1, 0.15) is 28.8 Å². The van der Waals surface area contributed by atoms with Crippen LogP contribution in [-0.2, 0) is 6.54 Å². The topological polar surface area (TPSA) is 46.1 Å². The molecule has 0 aliphatic heterocycles. The van der Waals surface area contributed by atoms with Crippen molar-refractivity contribution >= 4 is 35.0 Å². The summed E-state index contributed by atoms with van der Waals surface area (Å²) in [5.74, 6) is 0.642. The van der Waals surface area contributed by atoms with Gasteiger partial charge < -0.3 is 4.90 Å². The highest BCUT2D eigenvalue weighted by atomic mass is 35.5. The first-order chi connectivity index (χ1) is 9.29. The van der Waals surface area contributed by atoms with Crippen LogP contribution in [0, 0.1) is 0 Å². The van der Waals surface area contributed by atoms with E-state index in [1.807, 2.05) is 5.38 Å². The Labute approximate surface area is 120 Å². The molecule has 0 amide bonds. The molecule has 2 heterocycles. The Bertz CT molecular complexity index is 584. The monoisotopic (exact) mass is 293 g/mol. The van der Waals surface area contributed by atoms with Crippen LogP contribution < -0.4 is 4.90 Å². The van der Waals surface area contributed by atoms with Gasteiger partial charge in [0.15, 0.2) is 6.29 Å². The number of hydrogen-bond acceptors (Lipinski definition) is 5. The van der Waals surface area contributed by atoms with Crippen molar-refractivity contribution in [1.29, 1.82) is 0 Å². The maximum atomic E-state index is 11.2. The second-order valence-electron chi connectivity index (χ2n) is 4.51. The van der Waals surface area contributed by atoms with Gasteiger partial charge in [0.25, 0.3) is 0 Å². The SMILES string of the molecule is O=Cc1c(Cl)ncnc1N(Cc1ccsc1)C1CC1. The number of carbonyl (C=O) groups excluding carboxylic acids is 1. The molecular formula is C13H12ClN3OS. The number of aromatic nitrogens is 2. The van der Waals surface area contributed by atoms with Crippen LogP contribution in [0.25, 0.3) is 0 Å². The van der Waals surface area contributed by atoms with Crippen molar-refractivity contribution in [2.75, 3.05) is 4.90 Å². The van der Waals surface area contributed by atoms with Crippen molar-refractivity contribution < 1.29 is 4.79 Å². The number of nitrogens with zero attached hydrogens (tertiary/aromatic N) is 3. The van der Waals surface area contributed by atoms with Crippen LogP contribution in [0.4, 0.5) is 5.82 Å². The highest BCUT2D eigenvalue weighted by Gasteiger charge is 2.32. The van der Waals surface area contributed by atoms with E-state index in [1.54, 1.807) is 11.3 Å². The Morgan fingerprint density at radius 3 is 2.95 bits per heavy atom. The van der Waals surface area contributed by atoms with Crippen LogP contribution in [0.5, 0.6) is 0 Å². The molecule has 0 spiro atoms. The predicted molar refractivity (Wildman–Crippen MR) is 76.0 cm³/mol. The minimum atomic E-state index is 0.218. The number of halogens is 1. The lowest BCUT2D eigenvalue weighted by Gasteiger charge is -2.24. The van der Waals surface area contributed by atoms with Gasteiger partial charge in [0.05, 0.1) is 5.56 Å². The van der Waals surface area contributed by atoms with Crippen LogP contribution in [0.2, 0.25) is 5.15 Å². The first-order valence-electron chi connectivity index (χ1n) is 6.03. The Hall–Kier alpha value is -1.46. The lowest BCUT2D eigenvalue weighted by atomic mass is 10.2. The fourth-order valence-electron chi connectivity index (χ4n) is 2.04. The molecule has 1 fully saturated rings. The average molecular weight is 294 g/mol. The molecule has 2 aromatic heterocycles. The molecule has 0 unspecified atom stereocenters. The Morgan fingerprint density at radius 1 is 1.47 bits per heavy atom. The summed E-state index contributed by atoms with van der Waals surface area (Å²) >= 11 is 7.64. The number of thiophene rings is 1. The molecule has 1 saturated carbocycles. The number of carbonyl (C=O) groups is 1. The van der Waals surface area contributed by atoms with E-state index < -0.39 is 0 Å². The molecule has 0 saturated heterocycles. The van der Waals surface area contributed by atoms with Crippen LogP contribution in [0.15, 0.2) is 23.2 Å². The molecule has 98 valence electrons. The molecule has 1 aliphatic rings. The standard InChI is InChI=1S/C13H12ClN3OS/c14-12-11(6-18)13(16-8-15-12)17(10-1-2-10)5-9-3-4-19-7-9/h3-4,6-8,10H,1-2,5H2. The predicted octanol–water partition coefficient (Wildman–Crippen LogP) is 3.17. The largest absolute Gasteiger partial charge is 0.349 e. The third-order valence-corrected chi connectivity index (χ3v) is 4.16. The number of aldehydes is 1. The summed E-state index contributed by atoms with van der Waals surface area (Å²) in [5.41, 5.74) is 1.61. The van der Waals surface area contributed by atoms with E-state index in [4.69, 9.17) is 11.6 Å². The van der Waals surface area contributed by atoms with Crippen LogP contribution in [-0.4, -0.2) is 22.3 Å². The minimum absolute atomic E-state index is 0.218. The normalized spacial score (nSPS) is 14.4. The fourth-order valence-corrected chi connectivity index (χ4v) is 2.87. The maximum Gasteiger partial charge on any atom is 0.156 e. The van der Waals surface area contributed by atoms with Gasteiger partial charge in [-0.3, -0.25) is 4.79 Å². The fraction of sp³-hybridized carbons (Fsp3) is 0.308. The van der Waals surface area contributed by atoms with Crippen molar-refractivity contribution in [2.45, 2.75) is 25.4 Å². The molecule has 0 bridgehead atoms. The molecular weight excluding hydrogens is 282 g/mol. The summed E-state index contributed by atoms with van der Waals surface area (Å²) in [4.78, 5) is 21.5. The van der Waals surface area contributed by atoms with Crippen molar-refractivity contribution in [3.8, 4) is 0 Å². The van der Waals surface area contributed by atoms with Crippen LogP contribution >= 0.6 is 22.9 Å². The van der Waals surface area contributed by atoms with Gasteiger partial charge >= 0.3 is 0 Å². The highest BCUT2D eigenvalue weighted by molar-refractivity contribution is 7.07. The summed E-state index contributed by atoms with van der Waals surface area (Å²) in [5, 5.41) is 4.38. The van der Waals surface area contributed by atoms with Gasteiger partial charge in [0, 0.05) is 12.6 Å². The van der Waals surface area contributed by atoms with E-state index in [9.17, 15) is 4.79 Å². The molecule has 2 aromatic rings. The van der Waals surface area contributed by atoms with E-state index in [2.05, 4.69) is 26.3 Å². The molecule has 0 atom stereocenters. The van der Waals surface area contributed by atoms with Crippen molar-refractivity contribution in [3.05, 3.63) is 39.4 Å². The van der Waals surface area contributed by atoms with E-state index in [1.165, 1.54) is 11.9 Å². The van der Waals surface area contributed by atoms with Gasteiger partial charge in [-0.2, -0.15) is 11.3 Å². The molecule has 0 N–H and O–H groups in total. The number of hydrogen-bond donors (Lipinski definition) is 0. The van der Waals surface area contributed by atoms with E-state index in [0.29, 0.717) is 17.4 Å². The molecule has 4 nitrogen and oxygen atoms in total. The second kappa shape index (κ2) is 5.27. The van der Waals surface area contributed by atoms with Gasteiger partial charge in [-0.15, -0.1) is 0 Å². The average Bonchev–Trinajstić information content (AvgIpc) is 3.13. The van der Waals surface area contributed by atoms with Crippen LogP contribution in [0.3, 0.4) is 0 Å². The maximum absolute atomic E-state index is 11.2. The van der Waals surface area contributed by atoms with Gasteiger partial charge in [-0.05, 0) is 35.2 Å². The summed E-state index contributed by atoms with van der Waals surface area (Å²) in [6.07, 6.45) is 4.41. The molecule has 3 rings (SSSR count). The summed E-state index contributed by atoms with van der Waals surface area (Å²) in [6, 6.07) is 2.54. The summed E-state index contributed by atoms with van der Waals surface area (Å²) in [7, 11) is 0. The first kappa shape index (κ1) is 12.6. The zero-order chi connectivity index (χ0) is 13.2. The Balaban J connectivity index is 1.96. The molecule has 1 aliphatic carbocycles. The van der Waals surface area contributed by atoms with E-state index >= 15 is 0 Å². The van der Waals surface area contributed by atoms with Gasteiger partial charge in [0.2, 0.25) is 0 Å². The van der Waals surface area contributed by atoms with Gasteiger partial charge in [-0.1, -0.05) is 11.6 Å². The summed E-state index contributed by atoms with van der Waals surface area (Å²) < 4.78 is 0. The lowest BCUT2D eigenvalue weighted by Crippen LogP contribution is -2.27. The van der Waals surface area contributed by atoms with Crippen molar-refractivity contribution in [1.82, 2.24) is 9.97 Å². The Morgan fingerprint density at radius 2 is 2.32 bits per heavy atom. The lowest BCUT2D eigenvalue weighted by molar-refractivity contribution is 0.112. The zero-order valence-electron chi connectivity index (χ0n) is 10.1. The quantitative estimate of drug-likeness (QED) is 0.627. The number of rotatable bonds is 5. The Kier molecular flexibility index (Phi) is 3.48. The highest BCUT2D eigenvalue weighted by Crippen LogP contribution is 2.34. The molecule has 0 radical (unpaired) electrons. The van der Waals surface area contributed by atoms with E-state index in [-0.39, 0.29) is 5.15 Å². The van der Waals surface area contributed by atoms with E-state index in [0.717, 1.165) is 25.7 Å². The third kappa shape index (κ3) is 2.62.